The molecule has 0 saturated heterocycles. The summed E-state index contributed by atoms with van der Waals surface area (Å²) in [6.45, 7) is 6.51. The fraction of sp³-hybridized carbons (Fsp3) is 0.692. The Labute approximate surface area is 103 Å². The van der Waals surface area contributed by atoms with Gasteiger partial charge in [0, 0.05) is 11.9 Å². The first kappa shape index (κ1) is 13.5. The van der Waals surface area contributed by atoms with Gasteiger partial charge in [0.1, 0.15) is 5.82 Å². The second-order valence-electron chi connectivity index (χ2n) is 4.05. The summed E-state index contributed by atoms with van der Waals surface area (Å²) in [7, 11) is 0. The second kappa shape index (κ2) is 7.66. The number of hydrogen-bond acceptors (Lipinski definition) is 3. The highest BCUT2D eigenvalue weighted by Gasteiger charge is 2.03. The van der Waals surface area contributed by atoms with E-state index < -0.39 is 0 Å². The Morgan fingerprint density at radius 2 is 2.06 bits per heavy atom. The van der Waals surface area contributed by atoms with Gasteiger partial charge in [-0.1, -0.05) is 20.3 Å². The molecule has 1 aromatic rings. The van der Waals surface area contributed by atoms with Crippen LogP contribution in [0.4, 0.5) is 0 Å². The molecule has 0 atom stereocenters. The summed E-state index contributed by atoms with van der Waals surface area (Å²) in [5.41, 5.74) is 2.47. The SMILES string of the molecule is CCCCc1cnc(CSCCC)nc1C. The highest BCUT2D eigenvalue weighted by molar-refractivity contribution is 7.98. The third-order valence-electron chi connectivity index (χ3n) is 2.51. The molecule has 3 heteroatoms. The van der Waals surface area contributed by atoms with Crippen LogP contribution < -0.4 is 0 Å². The van der Waals surface area contributed by atoms with Crippen LogP contribution in [0.3, 0.4) is 0 Å². The number of aromatic nitrogens is 2. The molecule has 1 aromatic heterocycles. The van der Waals surface area contributed by atoms with E-state index in [9.17, 15) is 0 Å². The van der Waals surface area contributed by atoms with E-state index in [1.807, 2.05) is 18.0 Å². The molecule has 0 amide bonds. The van der Waals surface area contributed by atoms with Crippen LogP contribution in [0.2, 0.25) is 0 Å². The Kier molecular flexibility index (Phi) is 6.46. The van der Waals surface area contributed by atoms with Gasteiger partial charge in [-0.3, -0.25) is 0 Å². The lowest BCUT2D eigenvalue weighted by atomic mass is 10.1. The molecule has 0 bridgehead atoms. The van der Waals surface area contributed by atoms with Crippen LogP contribution in [0.5, 0.6) is 0 Å². The number of unbranched alkanes of at least 4 members (excludes halogenated alkanes) is 1. The average Bonchev–Trinajstić information content (AvgIpc) is 2.28. The molecular formula is C13H22N2S. The molecule has 0 aliphatic heterocycles. The summed E-state index contributed by atoms with van der Waals surface area (Å²) >= 11 is 1.91. The van der Waals surface area contributed by atoms with Crippen molar-refractivity contribution in [3.05, 3.63) is 23.3 Å². The first-order valence-electron chi connectivity index (χ1n) is 6.17. The zero-order valence-electron chi connectivity index (χ0n) is 10.6. The van der Waals surface area contributed by atoms with Gasteiger partial charge >= 0.3 is 0 Å². The molecule has 1 rings (SSSR count). The van der Waals surface area contributed by atoms with Crippen LogP contribution in [-0.4, -0.2) is 15.7 Å². The Bertz CT molecular complexity index is 313. The van der Waals surface area contributed by atoms with Crippen molar-refractivity contribution in [3.8, 4) is 0 Å². The van der Waals surface area contributed by atoms with Crippen molar-refractivity contribution in [3.63, 3.8) is 0 Å². The third kappa shape index (κ3) is 4.52. The zero-order valence-corrected chi connectivity index (χ0v) is 11.4. The highest BCUT2D eigenvalue weighted by atomic mass is 32.2. The Hall–Kier alpha value is -0.570. The summed E-state index contributed by atoms with van der Waals surface area (Å²) in [5.74, 6) is 3.12. The number of hydrogen-bond donors (Lipinski definition) is 0. The van der Waals surface area contributed by atoms with E-state index in [0.717, 1.165) is 23.7 Å². The van der Waals surface area contributed by atoms with Gasteiger partial charge in [-0.15, -0.1) is 0 Å². The van der Waals surface area contributed by atoms with E-state index in [-0.39, 0.29) is 0 Å². The summed E-state index contributed by atoms with van der Waals surface area (Å²) < 4.78 is 0. The van der Waals surface area contributed by atoms with Crippen molar-refractivity contribution in [2.75, 3.05) is 5.75 Å². The maximum Gasteiger partial charge on any atom is 0.138 e. The quantitative estimate of drug-likeness (QED) is 0.676. The van der Waals surface area contributed by atoms with Crippen molar-refractivity contribution in [1.82, 2.24) is 9.97 Å². The van der Waals surface area contributed by atoms with Crippen molar-refractivity contribution in [2.45, 2.75) is 52.2 Å². The lowest BCUT2D eigenvalue weighted by molar-refractivity contribution is 0.777. The predicted molar refractivity (Wildman–Crippen MR) is 71.8 cm³/mol. The molecule has 16 heavy (non-hydrogen) atoms. The largest absolute Gasteiger partial charge is 0.240 e. The summed E-state index contributed by atoms with van der Waals surface area (Å²) in [4.78, 5) is 9.00. The summed E-state index contributed by atoms with van der Waals surface area (Å²) in [5, 5.41) is 0. The summed E-state index contributed by atoms with van der Waals surface area (Å²) in [6.07, 6.45) is 6.81. The summed E-state index contributed by atoms with van der Waals surface area (Å²) in [6, 6.07) is 0. The number of aryl methyl sites for hydroxylation is 2. The predicted octanol–water partition coefficient (Wildman–Crippen LogP) is 3.77. The minimum atomic E-state index is 0.947. The molecule has 0 N–H and O–H groups in total. The van der Waals surface area contributed by atoms with Gasteiger partial charge in [0.05, 0.1) is 5.75 Å². The highest BCUT2D eigenvalue weighted by Crippen LogP contribution is 2.12. The molecule has 0 unspecified atom stereocenters. The Morgan fingerprint density at radius 1 is 1.25 bits per heavy atom. The molecule has 0 aromatic carbocycles. The first-order valence-corrected chi connectivity index (χ1v) is 7.32. The van der Waals surface area contributed by atoms with Crippen LogP contribution in [0.15, 0.2) is 6.20 Å². The third-order valence-corrected chi connectivity index (χ3v) is 3.67. The molecule has 0 radical (unpaired) electrons. The molecule has 90 valence electrons. The number of thioether (sulfide) groups is 1. The lowest BCUT2D eigenvalue weighted by Crippen LogP contribution is -2.00. The molecule has 1 heterocycles. The monoisotopic (exact) mass is 238 g/mol. The van der Waals surface area contributed by atoms with E-state index >= 15 is 0 Å². The maximum atomic E-state index is 4.57. The molecule has 0 spiro atoms. The van der Waals surface area contributed by atoms with Crippen LogP contribution in [0.1, 0.15) is 50.2 Å². The lowest BCUT2D eigenvalue weighted by Gasteiger charge is -2.06. The topological polar surface area (TPSA) is 25.8 Å². The van der Waals surface area contributed by atoms with Gasteiger partial charge in [-0.2, -0.15) is 11.8 Å². The van der Waals surface area contributed by atoms with E-state index in [1.165, 1.54) is 30.6 Å². The minimum absolute atomic E-state index is 0.947. The fourth-order valence-corrected chi connectivity index (χ4v) is 2.28. The van der Waals surface area contributed by atoms with E-state index in [0.29, 0.717) is 0 Å². The number of rotatable bonds is 7. The van der Waals surface area contributed by atoms with Crippen molar-refractivity contribution in [1.29, 1.82) is 0 Å². The van der Waals surface area contributed by atoms with Gasteiger partial charge in [-0.25, -0.2) is 9.97 Å². The molecule has 0 saturated carbocycles. The van der Waals surface area contributed by atoms with Gasteiger partial charge in [-0.05, 0) is 37.5 Å². The molecule has 0 aliphatic carbocycles. The van der Waals surface area contributed by atoms with Crippen LogP contribution >= 0.6 is 11.8 Å². The van der Waals surface area contributed by atoms with Crippen molar-refractivity contribution >= 4 is 11.8 Å². The van der Waals surface area contributed by atoms with Gasteiger partial charge < -0.3 is 0 Å². The maximum absolute atomic E-state index is 4.57. The van der Waals surface area contributed by atoms with Gasteiger partial charge in [0.2, 0.25) is 0 Å². The van der Waals surface area contributed by atoms with Crippen LogP contribution in [0.25, 0.3) is 0 Å². The molecule has 2 nitrogen and oxygen atoms in total. The van der Waals surface area contributed by atoms with Crippen LogP contribution in [-0.2, 0) is 12.2 Å². The first-order chi connectivity index (χ1) is 7.77. The normalized spacial score (nSPS) is 10.7. The average molecular weight is 238 g/mol. The Morgan fingerprint density at radius 3 is 2.69 bits per heavy atom. The standard InChI is InChI=1S/C13H22N2S/c1-4-6-7-12-9-14-13(15-11(12)3)10-16-8-5-2/h9H,4-8,10H2,1-3H3. The van der Waals surface area contributed by atoms with E-state index in [1.54, 1.807) is 0 Å². The zero-order chi connectivity index (χ0) is 11.8. The Balaban J connectivity index is 2.53. The molecule has 0 fully saturated rings. The second-order valence-corrected chi connectivity index (χ2v) is 5.16. The van der Waals surface area contributed by atoms with E-state index in [2.05, 4.69) is 30.7 Å². The smallest absolute Gasteiger partial charge is 0.138 e. The number of nitrogens with zero attached hydrogens (tertiary/aromatic N) is 2. The van der Waals surface area contributed by atoms with Crippen molar-refractivity contribution < 1.29 is 0 Å². The molecular weight excluding hydrogens is 216 g/mol. The molecule has 0 aliphatic rings. The van der Waals surface area contributed by atoms with Crippen LogP contribution in [0, 0.1) is 6.92 Å². The van der Waals surface area contributed by atoms with E-state index in [4.69, 9.17) is 0 Å². The van der Waals surface area contributed by atoms with Crippen molar-refractivity contribution in [2.24, 2.45) is 0 Å². The van der Waals surface area contributed by atoms with Gasteiger partial charge in [0.25, 0.3) is 0 Å². The minimum Gasteiger partial charge on any atom is -0.240 e. The fourth-order valence-electron chi connectivity index (χ4n) is 1.53. The van der Waals surface area contributed by atoms with Gasteiger partial charge in [0.15, 0.2) is 0 Å².